The molecule has 0 saturated carbocycles. The van der Waals surface area contributed by atoms with E-state index in [2.05, 4.69) is 54.4 Å². The lowest BCUT2D eigenvalue weighted by molar-refractivity contribution is -0.115. The smallest absolute Gasteiger partial charge is 0.228 e. The molecule has 0 bridgehead atoms. The molecule has 3 aromatic carbocycles. The molecule has 0 radical (unpaired) electrons. The van der Waals surface area contributed by atoms with Gasteiger partial charge in [-0.15, -0.1) is 0 Å². The molecule has 7 nitrogen and oxygen atoms in total. The second kappa shape index (κ2) is 9.66. The number of amides is 1. The van der Waals surface area contributed by atoms with Crippen LogP contribution in [0.4, 0.5) is 5.69 Å². The highest BCUT2D eigenvalue weighted by atomic mass is 32.1. The second-order valence-corrected chi connectivity index (χ2v) is 10.1. The summed E-state index contributed by atoms with van der Waals surface area (Å²) < 4.78 is 0. The largest absolute Gasteiger partial charge is 0.337 e. The Bertz CT molecular complexity index is 1940. The summed E-state index contributed by atoms with van der Waals surface area (Å²) in [4.78, 5) is 25.4. The molecule has 4 heterocycles. The number of H-pyrrole nitrogens is 2. The summed E-state index contributed by atoms with van der Waals surface area (Å²) in [5, 5.41) is 15.8. The highest BCUT2D eigenvalue weighted by molar-refractivity contribution is 7.08. The van der Waals surface area contributed by atoms with Crippen LogP contribution in [0.3, 0.4) is 0 Å². The number of aromatic amines is 2. The average molecular weight is 527 g/mol. The van der Waals surface area contributed by atoms with E-state index in [4.69, 9.17) is 4.98 Å². The average Bonchev–Trinajstić information content (AvgIpc) is 3.73. The third-order valence-electron chi connectivity index (χ3n) is 6.69. The standard InChI is InChI=1S/C31H22N6OS/c38-28(13-19-5-2-1-3-6-19)33-23-14-22(16-32-17-23)20-9-10-26-25(15-20)30(37-36-26)31-34-27-8-4-7-24(29(27)35-31)21-11-12-39-18-21/h1-12,14-18H,13H2,(H,33,38)(H,34,35)(H,36,37). The van der Waals surface area contributed by atoms with Gasteiger partial charge in [-0.25, -0.2) is 4.98 Å². The fraction of sp³-hybridized carbons (Fsp3) is 0.0323. The van der Waals surface area contributed by atoms with Crippen LogP contribution in [-0.4, -0.2) is 31.1 Å². The SMILES string of the molecule is O=C(Cc1ccccc1)Nc1cncc(-c2ccc3[nH]nc(-c4nc5c(-c6ccsc6)cccc5[nH]4)c3c2)c1. The van der Waals surface area contributed by atoms with Crippen LogP contribution in [0.1, 0.15) is 5.56 Å². The van der Waals surface area contributed by atoms with Gasteiger partial charge >= 0.3 is 0 Å². The number of nitrogens with zero attached hydrogens (tertiary/aromatic N) is 3. The second-order valence-electron chi connectivity index (χ2n) is 9.30. The van der Waals surface area contributed by atoms with Gasteiger partial charge in [0, 0.05) is 22.7 Å². The van der Waals surface area contributed by atoms with Crippen molar-refractivity contribution in [3.8, 4) is 33.8 Å². The Morgan fingerprint density at radius 1 is 0.872 bits per heavy atom. The molecule has 7 rings (SSSR count). The van der Waals surface area contributed by atoms with Crippen molar-refractivity contribution < 1.29 is 4.79 Å². The van der Waals surface area contributed by atoms with Crippen LogP contribution in [0.2, 0.25) is 0 Å². The van der Waals surface area contributed by atoms with Gasteiger partial charge < -0.3 is 10.3 Å². The molecule has 0 atom stereocenters. The minimum absolute atomic E-state index is 0.0839. The van der Waals surface area contributed by atoms with Crippen molar-refractivity contribution in [2.75, 3.05) is 5.32 Å². The molecular weight excluding hydrogens is 504 g/mol. The van der Waals surface area contributed by atoms with E-state index in [0.29, 0.717) is 17.9 Å². The van der Waals surface area contributed by atoms with Gasteiger partial charge in [0.05, 0.1) is 34.9 Å². The number of pyridine rings is 1. The van der Waals surface area contributed by atoms with E-state index >= 15 is 0 Å². The molecule has 0 aliphatic heterocycles. The molecule has 0 spiro atoms. The van der Waals surface area contributed by atoms with E-state index in [1.54, 1.807) is 23.7 Å². The van der Waals surface area contributed by atoms with Crippen molar-refractivity contribution in [1.29, 1.82) is 0 Å². The van der Waals surface area contributed by atoms with Gasteiger partial charge in [0.15, 0.2) is 5.82 Å². The maximum absolute atomic E-state index is 12.6. The molecule has 0 aliphatic carbocycles. The summed E-state index contributed by atoms with van der Waals surface area (Å²) in [6, 6.07) is 26.0. The van der Waals surface area contributed by atoms with E-state index < -0.39 is 0 Å². The maximum atomic E-state index is 12.6. The lowest BCUT2D eigenvalue weighted by Gasteiger charge is -2.08. The molecule has 1 amide bonds. The number of carbonyl (C=O) groups is 1. The maximum Gasteiger partial charge on any atom is 0.228 e. The number of rotatable bonds is 6. The Hall–Kier alpha value is -5.08. The van der Waals surface area contributed by atoms with E-state index in [1.165, 1.54) is 0 Å². The summed E-state index contributed by atoms with van der Waals surface area (Å²) in [7, 11) is 0. The topological polar surface area (TPSA) is 99.3 Å². The molecule has 4 aromatic heterocycles. The van der Waals surface area contributed by atoms with Gasteiger partial charge in [-0.2, -0.15) is 16.4 Å². The zero-order chi connectivity index (χ0) is 26.2. The number of fused-ring (bicyclic) bond motifs is 2. The highest BCUT2D eigenvalue weighted by Crippen LogP contribution is 2.34. The van der Waals surface area contributed by atoms with Crippen molar-refractivity contribution in [2.45, 2.75) is 6.42 Å². The van der Waals surface area contributed by atoms with Crippen LogP contribution in [-0.2, 0) is 11.2 Å². The normalized spacial score (nSPS) is 11.3. The van der Waals surface area contributed by atoms with E-state index in [1.807, 2.05) is 60.7 Å². The molecule has 188 valence electrons. The Morgan fingerprint density at radius 2 is 1.79 bits per heavy atom. The first-order chi connectivity index (χ1) is 19.2. The number of benzene rings is 3. The zero-order valence-electron chi connectivity index (χ0n) is 20.7. The molecule has 39 heavy (non-hydrogen) atoms. The third kappa shape index (κ3) is 4.47. The number of nitrogens with one attached hydrogen (secondary N) is 3. The summed E-state index contributed by atoms with van der Waals surface area (Å²) in [5.41, 5.74) is 9.26. The summed E-state index contributed by atoms with van der Waals surface area (Å²) in [5.74, 6) is 0.621. The number of aromatic nitrogens is 5. The number of hydrogen-bond donors (Lipinski definition) is 3. The fourth-order valence-corrected chi connectivity index (χ4v) is 5.48. The number of imidazole rings is 1. The van der Waals surface area contributed by atoms with E-state index in [9.17, 15) is 4.79 Å². The number of hydrogen-bond acceptors (Lipinski definition) is 5. The number of thiophene rings is 1. The summed E-state index contributed by atoms with van der Waals surface area (Å²) in [6.45, 7) is 0. The van der Waals surface area contributed by atoms with Gasteiger partial charge in [0.1, 0.15) is 5.69 Å². The molecule has 3 N–H and O–H groups in total. The van der Waals surface area contributed by atoms with Gasteiger partial charge in [0.25, 0.3) is 0 Å². The summed E-state index contributed by atoms with van der Waals surface area (Å²) in [6.07, 6.45) is 3.76. The van der Waals surface area contributed by atoms with Crippen LogP contribution < -0.4 is 5.32 Å². The molecular formula is C31H22N6OS. The van der Waals surface area contributed by atoms with Crippen molar-refractivity contribution in [3.63, 3.8) is 0 Å². The lowest BCUT2D eigenvalue weighted by atomic mass is 10.0. The third-order valence-corrected chi connectivity index (χ3v) is 7.38. The molecule has 0 fully saturated rings. The first-order valence-corrected chi connectivity index (χ1v) is 13.4. The van der Waals surface area contributed by atoms with Crippen molar-refractivity contribution in [3.05, 3.63) is 108 Å². The van der Waals surface area contributed by atoms with Crippen LogP contribution in [0.25, 0.3) is 55.7 Å². The molecule has 0 aliphatic rings. The number of para-hydroxylation sites is 1. The van der Waals surface area contributed by atoms with Crippen molar-refractivity contribution in [1.82, 2.24) is 25.1 Å². The van der Waals surface area contributed by atoms with Crippen molar-refractivity contribution in [2.24, 2.45) is 0 Å². The zero-order valence-corrected chi connectivity index (χ0v) is 21.5. The lowest BCUT2D eigenvalue weighted by Crippen LogP contribution is -2.14. The van der Waals surface area contributed by atoms with Gasteiger partial charge in [-0.05, 0) is 57.8 Å². The Kier molecular flexibility index (Phi) is 5.71. The van der Waals surface area contributed by atoms with Gasteiger partial charge in [0.2, 0.25) is 5.91 Å². The first kappa shape index (κ1) is 23.1. The van der Waals surface area contributed by atoms with Gasteiger partial charge in [-0.1, -0.05) is 48.5 Å². The molecule has 8 heteroatoms. The first-order valence-electron chi connectivity index (χ1n) is 12.5. The Morgan fingerprint density at radius 3 is 2.67 bits per heavy atom. The predicted molar refractivity (Wildman–Crippen MR) is 157 cm³/mol. The quantitative estimate of drug-likeness (QED) is 0.216. The van der Waals surface area contributed by atoms with Crippen LogP contribution in [0.15, 0.2) is 102 Å². The predicted octanol–water partition coefficient (Wildman–Crippen LogP) is 7.08. The Balaban J connectivity index is 1.21. The molecule has 7 aromatic rings. The number of anilines is 1. The highest BCUT2D eigenvalue weighted by Gasteiger charge is 2.16. The monoisotopic (exact) mass is 526 g/mol. The minimum atomic E-state index is -0.0839. The molecule has 0 unspecified atom stereocenters. The number of carbonyl (C=O) groups excluding carboxylic acids is 1. The minimum Gasteiger partial charge on any atom is -0.337 e. The summed E-state index contributed by atoms with van der Waals surface area (Å²) >= 11 is 1.67. The van der Waals surface area contributed by atoms with E-state index in [-0.39, 0.29) is 5.91 Å². The Labute approximate surface area is 227 Å². The van der Waals surface area contributed by atoms with Crippen LogP contribution >= 0.6 is 11.3 Å². The van der Waals surface area contributed by atoms with Crippen LogP contribution in [0, 0.1) is 0 Å². The van der Waals surface area contributed by atoms with Crippen LogP contribution in [0.5, 0.6) is 0 Å². The fourth-order valence-electron chi connectivity index (χ4n) is 4.82. The van der Waals surface area contributed by atoms with Crippen molar-refractivity contribution >= 4 is 44.9 Å². The van der Waals surface area contributed by atoms with E-state index in [0.717, 1.165) is 55.4 Å². The van der Waals surface area contributed by atoms with Gasteiger partial charge in [-0.3, -0.25) is 14.9 Å². The molecule has 0 saturated heterocycles.